The van der Waals surface area contributed by atoms with Gasteiger partial charge in [-0.3, -0.25) is 4.79 Å². The molecule has 2 aromatic carbocycles. The Hall–Kier alpha value is -3.41. The molecule has 0 bridgehead atoms. The van der Waals surface area contributed by atoms with E-state index in [1.54, 1.807) is 13.0 Å². The smallest absolute Gasteiger partial charge is 0.274 e. The molecule has 2 N–H and O–H groups in total. The molecule has 0 unspecified atom stereocenters. The average Bonchev–Trinajstić information content (AvgIpc) is 2.64. The molecule has 0 spiro atoms. The second-order valence-corrected chi connectivity index (χ2v) is 7.02. The van der Waals surface area contributed by atoms with Crippen molar-refractivity contribution in [2.75, 3.05) is 29.6 Å². The van der Waals surface area contributed by atoms with Crippen molar-refractivity contribution >= 4 is 28.8 Å². The van der Waals surface area contributed by atoms with Gasteiger partial charge in [-0.1, -0.05) is 12.1 Å². The van der Waals surface area contributed by atoms with Crippen LogP contribution in [0.1, 0.15) is 27.4 Å². The number of rotatable bonds is 5. The van der Waals surface area contributed by atoms with Gasteiger partial charge in [0.25, 0.3) is 5.91 Å². The van der Waals surface area contributed by atoms with Crippen LogP contribution in [0.4, 0.5) is 22.9 Å². The van der Waals surface area contributed by atoms with Gasteiger partial charge in [-0.2, -0.15) is 0 Å². The van der Waals surface area contributed by atoms with Crippen LogP contribution in [0.25, 0.3) is 0 Å². The van der Waals surface area contributed by atoms with Gasteiger partial charge in [-0.05, 0) is 62.2 Å². The number of amides is 1. The van der Waals surface area contributed by atoms with Gasteiger partial charge < -0.3 is 15.5 Å². The molecule has 0 saturated carbocycles. The topological polar surface area (TPSA) is 70.2 Å². The minimum absolute atomic E-state index is 0.271. The summed E-state index contributed by atoms with van der Waals surface area (Å²) in [6.45, 7) is 5.84. The van der Waals surface area contributed by atoms with Gasteiger partial charge in [0.05, 0.1) is 0 Å². The van der Waals surface area contributed by atoms with E-state index in [1.807, 2.05) is 57.1 Å². The van der Waals surface area contributed by atoms with E-state index >= 15 is 0 Å². The summed E-state index contributed by atoms with van der Waals surface area (Å²) in [5, 5.41) is 6.18. The van der Waals surface area contributed by atoms with Crippen molar-refractivity contribution in [2.45, 2.75) is 20.8 Å². The van der Waals surface area contributed by atoms with Crippen LogP contribution in [0.2, 0.25) is 0 Å². The highest BCUT2D eigenvalue weighted by Gasteiger charge is 2.12. The highest BCUT2D eigenvalue weighted by molar-refractivity contribution is 6.03. The van der Waals surface area contributed by atoms with Crippen molar-refractivity contribution in [1.82, 2.24) is 9.97 Å². The number of aryl methyl sites for hydroxylation is 3. The molecular formula is C22H25N5O. The largest absolute Gasteiger partial charge is 0.378 e. The molecule has 3 rings (SSSR count). The fourth-order valence-electron chi connectivity index (χ4n) is 2.79. The molecule has 0 atom stereocenters. The Morgan fingerprint density at radius 3 is 2.32 bits per heavy atom. The fourth-order valence-corrected chi connectivity index (χ4v) is 2.79. The minimum atomic E-state index is -0.271. The first-order valence-corrected chi connectivity index (χ1v) is 9.10. The van der Waals surface area contributed by atoms with E-state index < -0.39 is 0 Å². The standard InChI is InChI=1S/C22H25N5O/c1-14-6-7-15(2)19(12-14)26-21-13-20(23-16(3)24-21)22(28)25-17-8-10-18(11-9-17)27(4)5/h6-13H,1-5H3,(H,25,28)(H,23,24,26). The van der Waals surface area contributed by atoms with Crippen molar-refractivity contribution < 1.29 is 4.79 Å². The monoisotopic (exact) mass is 375 g/mol. The number of hydrogen-bond donors (Lipinski definition) is 2. The molecule has 1 heterocycles. The number of carbonyl (C=O) groups excluding carboxylic acids is 1. The maximum atomic E-state index is 12.7. The van der Waals surface area contributed by atoms with Gasteiger partial charge >= 0.3 is 0 Å². The summed E-state index contributed by atoms with van der Waals surface area (Å²) in [6, 6.07) is 15.5. The first-order valence-electron chi connectivity index (χ1n) is 9.10. The molecule has 6 nitrogen and oxygen atoms in total. The zero-order valence-electron chi connectivity index (χ0n) is 16.9. The second-order valence-electron chi connectivity index (χ2n) is 7.02. The quantitative estimate of drug-likeness (QED) is 0.689. The molecule has 3 aromatic rings. The van der Waals surface area contributed by atoms with Gasteiger partial charge in [0.1, 0.15) is 17.3 Å². The van der Waals surface area contributed by atoms with Gasteiger partial charge in [0.2, 0.25) is 0 Å². The Morgan fingerprint density at radius 1 is 0.929 bits per heavy atom. The molecule has 0 saturated heterocycles. The first-order chi connectivity index (χ1) is 13.3. The van der Waals surface area contributed by atoms with Crippen molar-refractivity contribution in [1.29, 1.82) is 0 Å². The van der Waals surface area contributed by atoms with Crippen LogP contribution >= 0.6 is 0 Å². The van der Waals surface area contributed by atoms with Crippen molar-refractivity contribution in [3.63, 3.8) is 0 Å². The Labute approximate surface area is 165 Å². The Balaban J connectivity index is 1.80. The third-order valence-electron chi connectivity index (χ3n) is 4.37. The van der Waals surface area contributed by atoms with E-state index in [9.17, 15) is 4.79 Å². The molecule has 28 heavy (non-hydrogen) atoms. The summed E-state index contributed by atoms with van der Waals surface area (Å²) in [6.07, 6.45) is 0. The minimum Gasteiger partial charge on any atom is -0.378 e. The van der Waals surface area contributed by atoms with Gasteiger partial charge in [0.15, 0.2) is 0 Å². The van der Waals surface area contributed by atoms with Crippen LogP contribution in [0.5, 0.6) is 0 Å². The molecule has 1 aromatic heterocycles. The van der Waals surface area contributed by atoms with Gasteiger partial charge in [0, 0.05) is 37.2 Å². The number of aromatic nitrogens is 2. The van der Waals surface area contributed by atoms with Crippen molar-refractivity contribution in [3.05, 3.63) is 71.2 Å². The van der Waals surface area contributed by atoms with E-state index in [1.165, 1.54) is 0 Å². The second kappa shape index (κ2) is 8.08. The number of hydrogen-bond acceptors (Lipinski definition) is 5. The molecular weight excluding hydrogens is 350 g/mol. The number of nitrogens with zero attached hydrogens (tertiary/aromatic N) is 3. The molecule has 0 aliphatic rings. The van der Waals surface area contributed by atoms with Gasteiger partial charge in [-0.25, -0.2) is 9.97 Å². The zero-order valence-corrected chi connectivity index (χ0v) is 16.9. The van der Waals surface area contributed by atoms with Crippen LogP contribution < -0.4 is 15.5 Å². The lowest BCUT2D eigenvalue weighted by Gasteiger charge is -2.13. The molecule has 0 aliphatic carbocycles. The molecule has 144 valence electrons. The third-order valence-corrected chi connectivity index (χ3v) is 4.37. The molecule has 0 aliphatic heterocycles. The summed E-state index contributed by atoms with van der Waals surface area (Å²) >= 11 is 0. The van der Waals surface area contributed by atoms with Crippen LogP contribution in [-0.4, -0.2) is 30.0 Å². The predicted molar refractivity (Wildman–Crippen MR) is 115 cm³/mol. The number of benzene rings is 2. The van der Waals surface area contributed by atoms with Crippen molar-refractivity contribution in [2.24, 2.45) is 0 Å². The molecule has 1 amide bonds. The highest BCUT2D eigenvalue weighted by Crippen LogP contribution is 2.22. The lowest BCUT2D eigenvalue weighted by Crippen LogP contribution is -2.15. The van der Waals surface area contributed by atoms with Gasteiger partial charge in [-0.15, -0.1) is 0 Å². The average molecular weight is 375 g/mol. The number of anilines is 4. The first kappa shape index (κ1) is 19.4. The highest BCUT2D eigenvalue weighted by atomic mass is 16.1. The van der Waals surface area contributed by atoms with Crippen LogP contribution in [0.3, 0.4) is 0 Å². The maximum Gasteiger partial charge on any atom is 0.274 e. The normalized spacial score (nSPS) is 10.5. The van der Waals surface area contributed by atoms with Crippen molar-refractivity contribution in [3.8, 4) is 0 Å². The molecule has 0 radical (unpaired) electrons. The van der Waals surface area contributed by atoms with Crippen LogP contribution in [0, 0.1) is 20.8 Å². The lowest BCUT2D eigenvalue weighted by atomic mass is 10.1. The summed E-state index contributed by atoms with van der Waals surface area (Å²) < 4.78 is 0. The Bertz CT molecular complexity index is 996. The van der Waals surface area contributed by atoms with E-state index in [0.717, 1.165) is 28.2 Å². The summed E-state index contributed by atoms with van der Waals surface area (Å²) in [7, 11) is 3.95. The number of nitrogens with one attached hydrogen (secondary N) is 2. The van der Waals surface area contributed by atoms with E-state index in [2.05, 4.69) is 38.8 Å². The lowest BCUT2D eigenvalue weighted by molar-refractivity contribution is 0.102. The van der Waals surface area contributed by atoms with Crippen LogP contribution in [0.15, 0.2) is 48.5 Å². The van der Waals surface area contributed by atoms with Crippen LogP contribution in [-0.2, 0) is 0 Å². The summed E-state index contributed by atoms with van der Waals surface area (Å²) in [5.74, 6) is 0.852. The molecule has 6 heteroatoms. The predicted octanol–water partition coefficient (Wildman–Crippen LogP) is 4.46. The van der Waals surface area contributed by atoms with E-state index in [0.29, 0.717) is 17.3 Å². The number of carbonyl (C=O) groups is 1. The Morgan fingerprint density at radius 2 is 1.64 bits per heavy atom. The Kier molecular flexibility index (Phi) is 5.59. The summed E-state index contributed by atoms with van der Waals surface area (Å²) in [4.78, 5) is 23.4. The SMILES string of the molecule is Cc1ccc(C)c(Nc2cc(C(=O)Nc3ccc(N(C)C)cc3)nc(C)n2)c1. The van der Waals surface area contributed by atoms with E-state index in [4.69, 9.17) is 0 Å². The summed E-state index contributed by atoms with van der Waals surface area (Å²) in [5.41, 5.74) is 5.32. The fraction of sp³-hybridized carbons (Fsp3) is 0.227. The van der Waals surface area contributed by atoms with E-state index in [-0.39, 0.29) is 5.91 Å². The zero-order chi connectivity index (χ0) is 20.3. The maximum absolute atomic E-state index is 12.7. The third kappa shape index (κ3) is 4.65. The molecule has 0 fully saturated rings.